The maximum Gasteiger partial charge on any atom is 0.268 e. The molecule has 0 saturated heterocycles. The Morgan fingerprint density at radius 1 is 1.19 bits per heavy atom. The lowest BCUT2D eigenvalue weighted by atomic mass is 10.1. The molecule has 1 aromatic heterocycles. The molecule has 2 N–H and O–H groups in total. The van der Waals surface area contributed by atoms with Crippen LogP contribution in [0.15, 0.2) is 41.6 Å². The van der Waals surface area contributed by atoms with Crippen molar-refractivity contribution in [3.63, 3.8) is 0 Å². The van der Waals surface area contributed by atoms with Crippen molar-refractivity contribution in [1.82, 2.24) is 5.32 Å². The van der Waals surface area contributed by atoms with Crippen LogP contribution in [0.1, 0.15) is 34.5 Å². The molecule has 8 heteroatoms. The summed E-state index contributed by atoms with van der Waals surface area (Å²) >= 11 is 7.33. The van der Waals surface area contributed by atoms with E-state index in [0.717, 1.165) is 17.7 Å². The van der Waals surface area contributed by atoms with Crippen LogP contribution in [0.4, 0.5) is 5.69 Å². The number of oxime groups is 1. The molecule has 0 spiro atoms. The number of rotatable bonds is 5. The first-order valence-electron chi connectivity index (χ1n) is 8.29. The molecule has 2 amide bonds. The second-order valence-electron chi connectivity index (χ2n) is 6.22. The summed E-state index contributed by atoms with van der Waals surface area (Å²) < 4.78 is 0.659. The number of benzene rings is 1. The van der Waals surface area contributed by atoms with Gasteiger partial charge in [-0.05, 0) is 37.1 Å². The van der Waals surface area contributed by atoms with Crippen LogP contribution in [0, 0.1) is 0 Å². The van der Waals surface area contributed by atoms with Crippen molar-refractivity contribution < 1.29 is 14.4 Å². The minimum atomic E-state index is -0.731. The Morgan fingerprint density at radius 2 is 2.00 bits per heavy atom. The Labute approximate surface area is 159 Å². The smallest absolute Gasteiger partial charge is 0.268 e. The summed E-state index contributed by atoms with van der Waals surface area (Å²) in [6.45, 7) is 0. The molecule has 0 bridgehead atoms. The third kappa shape index (κ3) is 3.73. The largest absolute Gasteiger partial charge is 0.382 e. The molecular formula is C18H16ClN3O3S. The molecule has 1 aliphatic heterocycles. The Bertz CT molecular complexity index is 891. The van der Waals surface area contributed by atoms with Crippen molar-refractivity contribution in [3.05, 3.63) is 51.2 Å². The zero-order valence-corrected chi connectivity index (χ0v) is 15.3. The van der Waals surface area contributed by atoms with Crippen molar-refractivity contribution >= 4 is 46.2 Å². The van der Waals surface area contributed by atoms with Gasteiger partial charge in [0.05, 0.1) is 20.5 Å². The number of nitrogens with one attached hydrogen (secondary N) is 2. The topological polar surface area (TPSA) is 79.8 Å². The number of halogens is 1. The fraction of sp³-hybridized carbons (Fsp3) is 0.278. The predicted molar refractivity (Wildman–Crippen MR) is 101 cm³/mol. The van der Waals surface area contributed by atoms with Gasteiger partial charge in [-0.2, -0.15) is 0 Å². The van der Waals surface area contributed by atoms with Gasteiger partial charge < -0.3 is 15.5 Å². The third-order valence-corrected chi connectivity index (χ3v) is 5.44. The molecule has 1 aliphatic carbocycles. The van der Waals surface area contributed by atoms with Gasteiger partial charge >= 0.3 is 0 Å². The lowest BCUT2D eigenvalue weighted by Crippen LogP contribution is -2.30. The zero-order valence-electron chi connectivity index (χ0n) is 13.7. The van der Waals surface area contributed by atoms with Gasteiger partial charge in [0, 0.05) is 12.5 Å². The van der Waals surface area contributed by atoms with E-state index in [-0.39, 0.29) is 17.9 Å². The highest BCUT2D eigenvalue weighted by Gasteiger charge is 2.31. The number of carbonyl (C=O) groups is 2. The van der Waals surface area contributed by atoms with Crippen molar-refractivity contribution in [3.8, 4) is 0 Å². The molecule has 1 aromatic carbocycles. The van der Waals surface area contributed by atoms with Crippen LogP contribution < -0.4 is 10.6 Å². The van der Waals surface area contributed by atoms with E-state index < -0.39 is 6.10 Å². The molecule has 2 aromatic rings. The number of carbonyl (C=O) groups excluding carboxylic acids is 2. The molecule has 134 valence electrons. The standard InChI is InChI=1S/C18H16ClN3O3S/c19-16-8-7-15(26-16)13-9-14(25-22-13)18(24)21-12-4-2-1-3-11(12)17(23)20-10-5-6-10/h1-4,7-8,10,14H,5-6,9H2,(H,20,23)(H,21,24)/t14-/m1/s1. The fourth-order valence-corrected chi connectivity index (χ4v) is 3.66. The normalized spacial score (nSPS) is 18.8. The Kier molecular flexibility index (Phi) is 4.65. The van der Waals surface area contributed by atoms with Crippen molar-refractivity contribution in [2.24, 2.45) is 5.16 Å². The Morgan fingerprint density at radius 3 is 2.73 bits per heavy atom. The molecule has 6 nitrogen and oxygen atoms in total. The number of anilines is 1. The van der Waals surface area contributed by atoms with E-state index in [1.165, 1.54) is 11.3 Å². The summed E-state index contributed by atoms with van der Waals surface area (Å²) in [6.07, 6.45) is 1.64. The van der Waals surface area contributed by atoms with Crippen LogP contribution >= 0.6 is 22.9 Å². The van der Waals surface area contributed by atoms with Gasteiger partial charge in [0.25, 0.3) is 11.8 Å². The first kappa shape index (κ1) is 17.1. The Balaban J connectivity index is 1.42. The number of thiophene rings is 1. The van der Waals surface area contributed by atoms with E-state index in [9.17, 15) is 9.59 Å². The van der Waals surface area contributed by atoms with Crippen molar-refractivity contribution in [1.29, 1.82) is 0 Å². The van der Waals surface area contributed by atoms with E-state index in [0.29, 0.717) is 27.7 Å². The number of amides is 2. The highest BCUT2D eigenvalue weighted by Crippen LogP contribution is 2.27. The molecule has 2 aliphatic rings. The van der Waals surface area contributed by atoms with Gasteiger partial charge in [0.15, 0.2) is 0 Å². The SMILES string of the molecule is O=C(NC1CC1)c1ccccc1NC(=O)[C@H]1CC(c2ccc(Cl)s2)=NO1. The van der Waals surface area contributed by atoms with Gasteiger partial charge in [-0.15, -0.1) is 11.3 Å². The van der Waals surface area contributed by atoms with Gasteiger partial charge in [-0.25, -0.2) is 0 Å². The number of hydrogen-bond donors (Lipinski definition) is 2. The zero-order chi connectivity index (χ0) is 18.1. The van der Waals surface area contributed by atoms with Crippen LogP contribution in [0.3, 0.4) is 0 Å². The van der Waals surface area contributed by atoms with Crippen molar-refractivity contribution in [2.75, 3.05) is 5.32 Å². The highest BCUT2D eigenvalue weighted by atomic mass is 35.5. The molecule has 26 heavy (non-hydrogen) atoms. The molecule has 1 saturated carbocycles. The number of para-hydroxylation sites is 1. The van der Waals surface area contributed by atoms with Gasteiger partial charge in [-0.1, -0.05) is 28.9 Å². The first-order valence-corrected chi connectivity index (χ1v) is 9.49. The Hall–Kier alpha value is -2.38. The van der Waals surface area contributed by atoms with Gasteiger partial charge in [-0.3, -0.25) is 9.59 Å². The molecule has 2 heterocycles. The monoisotopic (exact) mass is 389 g/mol. The maximum absolute atomic E-state index is 12.5. The number of nitrogens with zero attached hydrogens (tertiary/aromatic N) is 1. The molecular weight excluding hydrogens is 374 g/mol. The van der Waals surface area contributed by atoms with Crippen LogP contribution in [-0.2, 0) is 9.63 Å². The summed E-state index contributed by atoms with van der Waals surface area (Å²) in [6, 6.07) is 10.8. The minimum Gasteiger partial charge on any atom is -0.382 e. The second kappa shape index (κ2) is 7.09. The predicted octanol–water partition coefficient (Wildman–Crippen LogP) is 3.43. The second-order valence-corrected chi connectivity index (χ2v) is 7.94. The fourth-order valence-electron chi connectivity index (χ4n) is 2.63. The summed E-state index contributed by atoms with van der Waals surface area (Å²) in [5.41, 5.74) is 1.60. The van der Waals surface area contributed by atoms with E-state index in [4.69, 9.17) is 16.4 Å². The van der Waals surface area contributed by atoms with E-state index in [2.05, 4.69) is 15.8 Å². The van der Waals surface area contributed by atoms with Crippen LogP contribution in [0.25, 0.3) is 0 Å². The summed E-state index contributed by atoms with van der Waals surface area (Å²) in [7, 11) is 0. The molecule has 1 atom stereocenters. The van der Waals surface area contributed by atoms with Crippen LogP contribution in [0.2, 0.25) is 4.34 Å². The average molecular weight is 390 g/mol. The summed E-state index contributed by atoms with van der Waals surface area (Å²) in [5, 5.41) is 9.71. The molecule has 1 fully saturated rings. The lowest BCUT2D eigenvalue weighted by Gasteiger charge is -2.13. The maximum atomic E-state index is 12.5. The quantitative estimate of drug-likeness (QED) is 0.822. The molecule has 0 radical (unpaired) electrons. The molecule has 0 unspecified atom stereocenters. The molecule has 4 rings (SSSR count). The van der Waals surface area contributed by atoms with E-state index in [1.807, 2.05) is 6.07 Å². The van der Waals surface area contributed by atoms with Crippen LogP contribution in [-0.4, -0.2) is 29.7 Å². The minimum absolute atomic E-state index is 0.180. The summed E-state index contributed by atoms with van der Waals surface area (Å²) in [5.74, 6) is -0.515. The van der Waals surface area contributed by atoms with E-state index in [1.54, 1.807) is 30.3 Å². The lowest BCUT2D eigenvalue weighted by molar-refractivity contribution is -0.125. The van der Waals surface area contributed by atoms with Crippen molar-refractivity contribution in [2.45, 2.75) is 31.4 Å². The van der Waals surface area contributed by atoms with Crippen LogP contribution in [0.5, 0.6) is 0 Å². The van der Waals surface area contributed by atoms with Gasteiger partial charge in [0.1, 0.15) is 5.71 Å². The first-order chi connectivity index (χ1) is 12.6. The summed E-state index contributed by atoms with van der Waals surface area (Å²) in [4.78, 5) is 31.0. The average Bonchev–Trinajstić information content (AvgIpc) is 3.12. The highest BCUT2D eigenvalue weighted by molar-refractivity contribution is 7.18. The van der Waals surface area contributed by atoms with E-state index >= 15 is 0 Å². The number of hydrogen-bond acceptors (Lipinski definition) is 5. The third-order valence-electron chi connectivity index (χ3n) is 4.16. The van der Waals surface area contributed by atoms with Gasteiger partial charge in [0.2, 0.25) is 6.10 Å².